The molecule has 3 fully saturated rings. The largest absolute Gasteiger partial charge is 0.327 e. The minimum atomic E-state index is 0.597. The van der Waals surface area contributed by atoms with Gasteiger partial charge in [-0.05, 0) is 49.4 Å². The molecule has 2 bridgehead atoms. The van der Waals surface area contributed by atoms with Crippen molar-refractivity contribution in [1.82, 2.24) is 0 Å². The molecule has 3 aliphatic rings. The summed E-state index contributed by atoms with van der Waals surface area (Å²) < 4.78 is 0. The molecule has 1 nitrogen and oxygen atoms in total. The zero-order valence-electron chi connectivity index (χ0n) is 6.29. The fourth-order valence-electron chi connectivity index (χ4n) is 3.75. The quantitative estimate of drug-likeness (QED) is 0.536. The van der Waals surface area contributed by atoms with Gasteiger partial charge in [-0.1, -0.05) is 0 Å². The van der Waals surface area contributed by atoms with E-state index in [0.29, 0.717) is 6.04 Å². The molecule has 0 radical (unpaired) electrons. The van der Waals surface area contributed by atoms with Crippen molar-refractivity contribution in [2.45, 2.75) is 31.7 Å². The lowest BCUT2D eigenvalue weighted by Crippen LogP contribution is -2.50. The Bertz CT molecular complexity index is 164. The third-order valence-electron chi connectivity index (χ3n) is 4.20. The molecule has 0 spiro atoms. The van der Waals surface area contributed by atoms with Crippen LogP contribution in [0.4, 0.5) is 0 Å². The summed E-state index contributed by atoms with van der Waals surface area (Å²) in [4.78, 5) is 0. The number of nitrogens with two attached hydrogens (primary N) is 1. The third-order valence-corrected chi connectivity index (χ3v) is 4.20. The molecular formula is C9H15N. The zero-order valence-corrected chi connectivity index (χ0v) is 6.29. The van der Waals surface area contributed by atoms with Crippen LogP contribution in [0.25, 0.3) is 0 Å². The van der Waals surface area contributed by atoms with E-state index in [9.17, 15) is 0 Å². The van der Waals surface area contributed by atoms with Crippen molar-refractivity contribution in [1.29, 1.82) is 0 Å². The molecule has 0 heterocycles. The van der Waals surface area contributed by atoms with Crippen molar-refractivity contribution < 1.29 is 0 Å². The zero-order chi connectivity index (χ0) is 6.72. The predicted molar refractivity (Wildman–Crippen MR) is 40.4 cm³/mol. The SMILES string of the molecule is N[C@@H]1C[C@@H]2C3CCC(C3)[C@H]12. The van der Waals surface area contributed by atoms with Crippen LogP contribution in [0.3, 0.4) is 0 Å². The first-order valence-electron chi connectivity index (χ1n) is 4.62. The Kier molecular flexibility index (Phi) is 0.883. The maximum atomic E-state index is 5.95. The Balaban J connectivity index is 1.89. The first kappa shape index (κ1) is 5.59. The Morgan fingerprint density at radius 3 is 2.40 bits per heavy atom. The molecule has 0 aliphatic heterocycles. The second-order valence-corrected chi connectivity index (χ2v) is 4.47. The molecule has 0 saturated heterocycles. The van der Waals surface area contributed by atoms with E-state index in [1.807, 2.05) is 0 Å². The number of fused-ring (bicyclic) bond motifs is 5. The van der Waals surface area contributed by atoms with Crippen LogP contribution in [0.2, 0.25) is 0 Å². The molecule has 1 heteroatoms. The lowest BCUT2D eigenvalue weighted by Gasteiger charge is -2.45. The maximum absolute atomic E-state index is 5.95. The van der Waals surface area contributed by atoms with Gasteiger partial charge < -0.3 is 5.73 Å². The van der Waals surface area contributed by atoms with Crippen LogP contribution in [-0.4, -0.2) is 6.04 Å². The molecule has 2 N–H and O–H groups in total. The van der Waals surface area contributed by atoms with E-state index >= 15 is 0 Å². The molecular weight excluding hydrogens is 122 g/mol. The highest BCUT2D eigenvalue weighted by molar-refractivity contribution is 5.07. The summed E-state index contributed by atoms with van der Waals surface area (Å²) in [6, 6.07) is 0.597. The van der Waals surface area contributed by atoms with Gasteiger partial charge in [-0.25, -0.2) is 0 Å². The van der Waals surface area contributed by atoms with E-state index in [4.69, 9.17) is 5.73 Å². The highest BCUT2D eigenvalue weighted by Gasteiger charge is 2.55. The summed E-state index contributed by atoms with van der Waals surface area (Å²) in [6.07, 6.45) is 5.91. The van der Waals surface area contributed by atoms with Crippen molar-refractivity contribution in [3.63, 3.8) is 0 Å². The minimum Gasteiger partial charge on any atom is -0.327 e. The van der Waals surface area contributed by atoms with Gasteiger partial charge in [0.1, 0.15) is 0 Å². The van der Waals surface area contributed by atoms with Gasteiger partial charge in [-0.15, -0.1) is 0 Å². The highest BCUT2D eigenvalue weighted by atomic mass is 14.8. The summed E-state index contributed by atoms with van der Waals surface area (Å²) in [5, 5.41) is 0. The summed E-state index contributed by atoms with van der Waals surface area (Å²) in [5.41, 5.74) is 5.95. The van der Waals surface area contributed by atoms with E-state index in [2.05, 4.69) is 0 Å². The first-order chi connectivity index (χ1) is 4.86. The molecule has 2 unspecified atom stereocenters. The lowest BCUT2D eigenvalue weighted by atomic mass is 9.62. The molecule has 3 rings (SSSR count). The van der Waals surface area contributed by atoms with Crippen LogP contribution >= 0.6 is 0 Å². The first-order valence-corrected chi connectivity index (χ1v) is 4.62. The molecule has 0 aromatic carbocycles. The third kappa shape index (κ3) is 0.460. The molecule has 3 saturated carbocycles. The van der Waals surface area contributed by atoms with Crippen LogP contribution in [-0.2, 0) is 0 Å². The predicted octanol–water partition coefficient (Wildman–Crippen LogP) is 1.38. The molecule has 10 heavy (non-hydrogen) atoms. The van der Waals surface area contributed by atoms with Crippen LogP contribution in [0.5, 0.6) is 0 Å². The Hall–Kier alpha value is -0.0400. The standard InChI is InChI=1S/C9H15N/c10-8-4-7-5-1-2-6(3-5)9(7)8/h5-9H,1-4,10H2/t5?,6?,7-,8-,9+/m1/s1. The molecule has 5 atom stereocenters. The normalized spacial score (nSPS) is 63.9. The number of hydrogen-bond donors (Lipinski definition) is 1. The van der Waals surface area contributed by atoms with Crippen molar-refractivity contribution in [2.75, 3.05) is 0 Å². The smallest absolute Gasteiger partial charge is 0.00754 e. The average Bonchev–Trinajstić information content (AvgIpc) is 2.40. The monoisotopic (exact) mass is 137 g/mol. The van der Waals surface area contributed by atoms with Crippen molar-refractivity contribution >= 4 is 0 Å². The van der Waals surface area contributed by atoms with Crippen LogP contribution < -0.4 is 5.73 Å². The number of hydrogen-bond acceptors (Lipinski definition) is 1. The summed E-state index contributed by atoms with van der Waals surface area (Å²) in [5.74, 6) is 4.21. The Morgan fingerprint density at radius 1 is 1.00 bits per heavy atom. The Morgan fingerprint density at radius 2 is 1.80 bits per heavy atom. The van der Waals surface area contributed by atoms with Crippen LogP contribution in [0.15, 0.2) is 0 Å². The van der Waals surface area contributed by atoms with Crippen LogP contribution in [0.1, 0.15) is 25.7 Å². The van der Waals surface area contributed by atoms with E-state index in [1.54, 1.807) is 0 Å². The lowest BCUT2D eigenvalue weighted by molar-refractivity contribution is 0.0722. The van der Waals surface area contributed by atoms with Gasteiger partial charge in [-0.3, -0.25) is 0 Å². The molecule has 0 aromatic heterocycles. The average molecular weight is 137 g/mol. The van der Waals surface area contributed by atoms with E-state index in [0.717, 1.165) is 23.7 Å². The second kappa shape index (κ2) is 1.58. The topological polar surface area (TPSA) is 26.0 Å². The van der Waals surface area contributed by atoms with Gasteiger partial charge in [0.25, 0.3) is 0 Å². The van der Waals surface area contributed by atoms with Gasteiger partial charge in [0, 0.05) is 6.04 Å². The Labute approximate surface area is 62.0 Å². The fraction of sp³-hybridized carbons (Fsp3) is 1.00. The summed E-state index contributed by atoms with van der Waals surface area (Å²) >= 11 is 0. The van der Waals surface area contributed by atoms with Gasteiger partial charge in [-0.2, -0.15) is 0 Å². The van der Waals surface area contributed by atoms with Gasteiger partial charge in [0.05, 0.1) is 0 Å². The number of rotatable bonds is 0. The summed E-state index contributed by atoms with van der Waals surface area (Å²) in [7, 11) is 0. The van der Waals surface area contributed by atoms with Gasteiger partial charge in [0.2, 0.25) is 0 Å². The van der Waals surface area contributed by atoms with Crippen LogP contribution in [0, 0.1) is 23.7 Å². The van der Waals surface area contributed by atoms with Crippen molar-refractivity contribution in [2.24, 2.45) is 29.4 Å². The maximum Gasteiger partial charge on any atom is 0.00754 e. The highest BCUT2D eigenvalue weighted by Crippen LogP contribution is 2.60. The van der Waals surface area contributed by atoms with Crippen molar-refractivity contribution in [3.05, 3.63) is 0 Å². The molecule has 3 aliphatic carbocycles. The van der Waals surface area contributed by atoms with E-state index in [-0.39, 0.29) is 0 Å². The second-order valence-electron chi connectivity index (χ2n) is 4.47. The fourth-order valence-corrected chi connectivity index (χ4v) is 3.75. The van der Waals surface area contributed by atoms with Crippen molar-refractivity contribution in [3.8, 4) is 0 Å². The summed E-state index contributed by atoms with van der Waals surface area (Å²) in [6.45, 7) is 0. The molecule has 56 valence electrons. The van der Waals surface area contributed by atoms with Gasteiger partial charge >= 0.3 is 0 Å². The van der Waals surface area contributed by atoms with Gasteiger partial charge in [0.15, 0.2) is 0 Å². The molecule has 0 amide bonds. The minimum absolute atomic E-state index is 0.597. The molecule has 0 aromatic rings. The van der Waals surface area contributed by atoms with E-state index in [1.165, 1.54) is 25.7 Å². The van der Waals surface area contributed by atoms with E-state index < -0.39 is 0 Å².